The molecule has 0 aromatic heterocycles. The summed E-state index contributed by atoms with van der Waals surface area (Å²) >= 11 is 0. The molecule has 0 heterocycles. The van der Waals surface area contributed by atoms with E-state index < -0.39 is 24.1 Å². The quantitative estimate of drug-likeness (QED) is 0.00872. The van der Waals surface area contributed by atoms with Crippen molar-refractivity contribution in [1.82, 2.24) is 0 Å². The number of methoxy groups -OCH3 is 1. The number of anilines is 8. The first-order valence-electron chi connectivity index (χ1n) is 38.2. The molecular weight excluding hydrogens is 1300 g/mol. The summed E-state index contributed by atoms with van der Waals surface area (Å²) in [6.07, 6.45) is 32.1. The topological polar surface area (TPSA) is 276 Å². The third-order valence-electron chi connectivity index (χ3n) is 18.1. The van der Waals surface area contributed by atoms with E-state index in [1.165, 1.54) is 149 Å². The first kappa shape index (κ1) is 84.6. The average Bonchev–Trinajstić information content (AvgIpc) is 0.856. The predicted molar refractivity (Wildman–Crippen MR) is 415 cm³/mol. The molecule has 21 heteroatoms. The predicted octanol–water partition coefficient (Wildman–Crippen LogP) is 19.7. The highest BCUT2D eigenvalue weighted by Crippen LogP contribution is 2.33. The van der Waals surface area contributed by atoms with Crippen molar-refractivity contribution in [3.63, 3.8) is 0 Å². The number of ether oxygens (including phenoxy) is 6. The molecule has 0 aliphatic heterocycles. The van der Waals surface area contributed by atoms with Crippen LogP contribution >= 0.6 is 0 Å². The van der Waals surface area contributed by atoms with Gasteiger partial charge in [0.2, 0.25) is 5.91 Å². The Hall–Kier alpha value is -9.01. The zero-order valence-electron chi connectivity index (χ0n) is 62.9. The Bertz CT molecular complexity index is 3320. The number of carbonyl (C=O) groups excluding carboxylic acids is 7. The number of nitrogens with one attached hydrogen (secondary N) is 6. The van der Waals surface area contributed by atoms with E-state index >= 15 is 0 Å². The summed E-state index contributed by atoms with van der Waals surface area (Å²) in [4.78, 5) is 85.5. The van der Waals surface area contributed by atoms with E-state index in [9.17, 15) is 33.6 Å². The Kier molecular flexibility index (Phi) is 40.7. The minimum atomic E-state index is -0.572. The first-order chi connectivity index (χ1) is 50.0. The molecule has 3 amide bonds. The zero-order valence-corrected chi connectivity index (χ0v) is 62.9. The molecule has 8 rings (SSSR count). The summed E-state index contributed by atoms with van der Waals surface area (Å²) in [5, 5.41) is 18.7. The lowest BCUT2D eigenvalue weighted by molar-refractivity contribution is -0.114. The van der Waals surface area contributed by atoms with Crippen LogP contribution in [0.3, 0.4) is 0 Å². The summed E-state index contributed by atoms with van der Waals surface area (Å²) in [5.41, 5.74) is 14.8. The lowest BCUT2D eigenvalue weighted by Crippen LogP contribution is -2.26. The normalized spacial score (nSPS) is 13.6. The number of esters is 4. The fraction of sp³-hybridized carbons (Fsp3) is 0.549. The van der Waals surface area contributed by atoms with Crippen LogP contribution < -0.4 is 42.5 Å². The van der Waals surface area contributed by atoms with Gasteiger partial charge in [-0.1, -0.05) is 166 Å². The average molecular weight is 1430 g/mol. The Morgan fingerprint density at radius 2 is 0.748 bits per heavy atom. The lowest BCUT2D eigenvalue weighted by Gasteiger charge is -2.26. The fourth-order valence-electron chi connectivity index (χ4n) is 12.7. The number of rotatable bonds is 34. The number of nitrogens with two attached hydrogens (primary N) is 1. The molecule has 0 bridgehead atoms. The molecule has 3 aliphatic rings. The van der Waals surface area contributed by atoms with Gasteiger partial charge in [0, 0.05) is 38.1 Å². The van der Waals surface area contributed by atoms with Crippen LogP contribution in [0.2, 0.25) is 0 Å². The molecule has 0 unspecified atom stereocenters. The number of hydrogen-bond donors (Lipinski definition) is 7. The van der Waals surface area contributed by atoms with E-state index in [0.717, 1.165) is 79.9 Å². The van der Waals surface area contributed by atoms with Gasteiger partial charge < -0.3 is 60.3 Å². The second kappa shape index (κ2) is 49.6. The van der Waals surface area contributed by atoms with Gasteiger partial charge in [0.15, 0.2) is 0 Å². The van der Waals surface area contributed by atoms with Crippen molar-refractivity contribution in [3.8, 4) is 0 Å². The van der Waals surface area contributed by atoms with Crippen molar-refractivity contribution >= 4 is 87.5 Å². The molecule has 0 spiro atoms. The van der Waals surface area contributed by atoms with Gasteiger partial charge in [0.25, 0.3) is 0 Å². The van der Waals surface area contributed by atoms with Crippen LogP contribution in [0.1, 0.15) is 269 Å². The van der Waals surface area contributed by atoms with Gasteiger partial charge in [-0.05, 0) is 157 Å². The molecule has 0 saturated heterocycles. The molecule has 21 nitrogen and oxygen atoms in total. The Balaban J connectivity index is 0.000000249. The number of benzene rings is 5. The van der Waals surface area contributed by atoms with Crippen molar-refractivity contribution in [1.29, 1.82) is 0 Å². The van der Waals surface area contributed by atoms with Crippen molar-refractivity contribution < 1.29 is 62.0 Å². The maximum absolute atomic E-state index is 12.4. The van der Waals surface area contributed by atoms with Crippen molar-refractivity contribution in [2.75, 3.05) is 89.2 Å². The van der Waals surface area contributed by atoms with E-state index in [1.54, 1.807) is 69.3 Å². The van der Waals surface area contributed by atoms with Gasteiger partial charge in [0.05, 0.1) is 101 Å². The summed E-state index contributed by atoms with van der Waals surface area (Å²) in [6, 6.07) is 31.8. The Labute approximate surface area is 613 Å². The van der Waals surface area contributed by atoms with E-state index in [-0.39, 0.29) is 24.5 Å². The van der Waals surface area contributed by atoms with Crippen LogP contribution in [0.4, 0.5) is 55.1 Å². The Morgan fingerprint density at radius 3 is 1.11 bits per heavy atom. The largest absolute Gasteiger partial charge is 0.462 e. The molecule has 5 aromatic rings. The monoisotopic (exact) mass is 1420 g/mol. The smallest absolute Gasteiger partial charge is 0.412 e. The number of nitrogen functional groups attached to an aromatic ring is 1. The van der Waals surface area contributed by atoms with Gasteiger partial charge in [-0.15, -0.1) is 0 Å². The molecule has 0 radical (unpaired) electrons. The summed E-state index contributed by atoms with van der Waals surface area (Å²) in [6.45, 7) is 16.6. The number of hydrogen-bond acceptors (Lipinski definition) is 18. The third-order valence-corrected chi connectivity index (χ3v) is 18.1. The molecule has 3 saturated carbocycles. The van der Waals surface area contributed by atoms with Crippen LogP contribution in [-0.4, -0.2) is 107 Å². The number of unbranched alkanes of at least 4 members (excludes halogenated alkanes) is 10. The molecule has 3 aliphatic carbocycles. The molecule has 5 aromatic carbocycles. The number of amides is 3. The summed E-state index contributed by atoms with van der Waals surface area (Å²) in [7, 11) is 1.30. The van der Waals surface area contributed by atoms with Crippen LogP contribution in [0.15, 0.2) is 103 Å². The van der Waals surface area contributed by atoms with Gasteiger partial charge >= 0.3 is 36.1 Å². The van der Waals surface area contributed by atoms with Gasteiger partial charge in [-0.2, -0.15) is 0 Å². The van der Waals surface area contributed by atoms with Crippen LogP contribution in [0, 0.1) is 0 Å². The number of nitrogens with zero attached hydrogens (tertiary/aromatic N) is 1. The lowest BCUT2D eigenvalue weighted by atomic mass is 9.95. The van der Waals surface area contributed by atoms with E-state index in [4.69, 9.17) is 29.4 Å². The minimum Gasteiger partial charge on any atom is -0.462 e. The Morgan fingerprint density at radius 1 is 0.398 bits per heavy atom. The van der Waals surface area contributed by atoms with Crippen molar-refractivity contribution in [2.24, 2.45) is 0 Å². The van der Waals surface area contributed by atoms with Gasteiger partial charge in [-0.3, -0.25) is 15.4 Å². The maximum atomic E-state index is 12.4. The van der Waals surface area contributed by atoms with Crippen molar-refractivity contribution in [3.05, 3.63) is 131 Å². The van der Waals surface area contributed by atoms with Gasteiger partial charge in [-0.25, -0.2) is 28.8 Å². The van der Waals surface area contributed by atoms with E-state index in [2.05, 4.69) is 55.4 Å². The third kappa shape index (κ3) is 32.5. The molecule has 0 atom stereocenters. The summed E-state index contributed by atoms with van der Waals surface area (Å²) < 4.78 is 30.2. The second-order valence-corrected chi connectivity index (χ2v) is 26.4. The highest BCUT2D eigenvalue weighted by Gasteiger charge is 2.22. The standard InChI is InChI=1S/C25H44N2O2.C23H28N2O4.C17H24N2O4.C17H24N2O3/c1-4-7-9-11-13-15-19-27(20-16-14-12-10-8-5-2)24-18-17-22(21-23(24)26)25(28)29-6-3;1-2-28-22(26)18-13-14-20(24-19-11-7-4-8-12-19)21(15-18)25-23(27)29-16-17-9-5-3-6-10-17;1-3-23-16(20)12-9-10-14(15(11-12)19-17(21)22-2)18-13-7-5-4-6-8-13;1-3-22-17(21)13-9-10-15(16(11-13)18-12(2)20)19-14-7-5-4-6-8-14/h17-18,21H,4-16,19-20,26H2,1-3H3;3,5-6,9-10,13-15,19,24H,2,4,7-8,11-12,16H2,1H3,(H,25,27);9-11,13,18H,3-8H2,1-2H3,(H,19,21);9-11,14,19H,3-8H2,1-2H3,(H,18,20). The molecule has 8 N–H and O–H groups in total. The van der Waals surface area contributed by atoms with Crippen LogP contribution in [-0.2, 0) is 39.8 Å². The van der Waals surface area contributed by atoms with Gasteiger partial charge in [0.1, 0.15) is 6.61 Å². The minimum absolute atomic E-state index is 0.160. The SMILES string of the molecule is CCCCCCCCN(CCCCCCCC)c1ccc(C(=O)OCC)cc1N.CCOC(=O)c1ccc(NC2CCCCC2)c(NC(=O)OC)c1.CCOC(=O)c1ccc(NC2CCCCC2)c(NC(=O)OCc2ccccc2)c1.CCOC(=O)c1ccc(NC2CCCCC2)c(NC(C)=O)c1. The van der Waals surface area contributed by atoms with E-state index in [1.807, 2.05) is 61.5 Å². The molecular formula is C82H120N8O13. The van der Waals surface area contributed by atoms with Crippen LogP contribution in [0.5, 0.6) is 0 Å². The molecule has 103 heavy (non-hydrogen) atoms. The van der Waals surface area contributed by atoms with Crippen molar-refractivity contribution in [2.45, 2.75) is 247 Å². The molecule has 3 fully saturated rings. The summed E-state index contributed by atoms with van der Waals surface area (Å²) in [5.74, 6) is -1.67. The fourth-order valence-corrected chi connectivity index (χ4v) is 12.7. The van der Waals surface area contributed by atoms with E-state index in [0.29, 0.717) is 89.6 Å². The zero-order chi connectivity index (χ0) is 74.4. The highest BCUT2D eigenvalue weighted by atomic mass is 16.6. The maximum Gasteiger partial charge on any atom is 0.412 e. The highest BCUT2D eigenvalue weighted by molar-refractivity contribution is 5.99. The number of carbonyl (C=O) groups is 7. The van der Waals surface area contributed by atoms with Crippen LogP contribution in [0.25, 0.3) is 0 Å². The second-order valence-electron chi connectivity index (χ2n) is 26.4. The first-order valence-corrected chi connectivity index (χ1v) is 38.2. The molecule has 566 valence electrons.